The number of hydrogen-bond acceptors (Lipinski definition) is 6. The summed E-state index contributed by atoms with van der Waals surface area (Å²) in [6, 6.07) is 10.1. The quantitative estimate of drug-likeness (QED) is 0.325. The third kappa shape index (κ3) is 4.86. The van der Waals surface area contributed by atoms with Crippen molar-refractivity contribution in [1.29, 1.82) is 0 Å². The number of azide groups is 1. The average molecular weight is 448 g/mol. The molecular formula is C23H21FN6O3. The Morgan fingerprint density at radius 1 is 1.27 bits per heavy atom. The number of methoxy groups -OCH3 is 1. The van der Waals surface area contributed by atoms with Gasteiger partial charge in [-0.1, -0.05) is 23.3 Å². The number of nitrogens with zero attached hydrogens (tertiary/aromatic N) is 6. The summed E-state index contributed by atoms with van der Waals surface area (Å²) in [6.45, 7) is 0.611. The molecule has 33 heavy (non-hydrogen) atoms. The molecule has 1 fully saturated rings. The number of carbonyl (C=O) groups excluding carboxylic acids is 1. The molecule has 4 rings (SSSR count). The topological polar surface area (TPSA) is 112 Å². The van der Waals surface area contributed by atoms with Crippen LogP contribution < -0.4 is 4.74 Å². The first-order chi connectivity index (χ1) is 16.1. The number of likely N-dealkylation sites (tertiary alicyclic amines) is 1. The standard InChI is InChI=1S/C23H21FN6O3/c1-32-22-12-15(6-7-20(22)28-26-16-8-10-33-11-9-16)23(31)30-14-17(27-29-25)13-21(30)18-4-2-3-5-19(18)24/h2-10,12,17,21H,11,13-14H2,1H3/t17?,21-/m1/s1. The zero-order valence-electron chi connectivity index (χ0n) is 17.8. The van der Waals surface area contributed by atoms with E-state index in [1.807, 2.05) is 0 Å². The van der Waals surface area contributed by atoms with E-state index in [-0.39, 0.29) is 12.5 Å². The van der Waals surface area contributed by atoms with Crippen molar-refractivity contribution in [2.75, 3.05) is 20.3 Å². The highest BCUT2D eigenvalue weighted by Crippen LogP contribution is 2.37. The van der Waals surface area contributed by atoms with Crippen LogP contribution in [0, 0.1) is 5.82 Å². The summed E-state index contributed by atoms with van der Waals surface area (Å²) in [5, 5.41) is 12.1. The molecule has 0 aromatic heterocycles. The lowest BCUT2D eigenvalue weighted by atomic mass is 10.0. The van der Waals surface area contributed by atoms with Crippen LogP contribution in [-0.2, 0) is 4.74 Å². The van der Waals surface area contributed by atoms with Gasteiger partial charge in [0, 0.05) is 22.6 Å². The van der Waals surface area contributed by atoms with Gasteiger partial charge in [-0.3, -0.25) is 4.79 Å². The van der Waals surface area contributed by atoms with Crippen molar-refractivity contribution in [3.05, 3.63) is 94.0 Å². The molecule has 2 aliphatic rings. The van der Waals surface area contributed by atoms with E-state index in [9.17, 15) is 9.18 Å². The summed E-state index contributed by atoms with van der Waals surface area (Å²) in [4.78, 5) is 17.8. The fourth-order valence-electron chi connectivity index (χ4n) is 3.85. The number of rotatable bonds is 6. The second kappa shape index (κ2) is 9.97. The summed E-state index contributed by atoms with van der Waals surface area (Å²) >= 11 is 0. The highest BCUT2D eigenvalue weighted by molar-refractivity contribution is 5.95. The Bertz CT molecular complexity index is 1190. The van der Waals surface area contributed by atoms with Crippen LogP contribution in [0.15, 0.2) is 81.9 Å². The van der Waals surface area contributed by atoms with Crippen molar-refractivity contribution in [2.45, 2.75) is 18.5 Å². The smallest absolute Gasteiger partial charge is 0.254 e. The minimum absolute atomic E-state index is 0.189. The molecular weight excluding hydrogens is 427 g/mol. The van der Waals surface area contributed by atoms with Crippen LogP contribution in [0.5, 0.6) is 5.75 Å². The summed E-state index contributed by atoms with van der Waals surface area (Å²) in [7, 11) is 1.48. The molecule has 1 saturated heterocycles. The van der Waals surface area contributed by atoms with Crippen molar-refractivity contribution >= 4 is 11.6 Å². The average Bonchev–Trinajstić information content (AvgIpc) is 3.27. The van der Waals surface area contributed by atoms with E-state index in [1.165, 1.54) is 18.1 Å². The Morgan fingerprint density at radius 3 is 2.85 bits per heavy atom. The fraction of sp³-hybridized carbons (Fsp3) is 0.261. The zero-order valence-corrected chi connectivity index (χ0v) is 17.8. The molecule has 2 aliphatic heterocycles. The van der Waals surface area contributed by atoms with Gasteiger partial charge in [0.25, 0.3) is 5.91 Å². The molecule has 0 spiro atoms. The molecule has 1 unspecified atom stereocenters. The molecule has 2 atom stereocenters. The van der Waals surface area contributed by atoms with Crippen LogP contribution in [0.25, 0.3) is 10.4 Å². The van der Waals surface area contributed by atoms with Gasteiger partial charge < -0.3 is 14.4 Å². The van der Waals surface area contributed by atoms with E-state index >= 15 is 0 Å². The van der Waals surface area contributed by atoms with Crippen molar-refractivity contribution < 1.29 is 18.7 Å². The van der Waals surface area contributed by atoms with E-state index in [2.05, 4.69) is 20.3 Å². The van der Waals surface area contributed by atoms with E-state index in [1.54, 1.807) is 54.8 Å². The maximum atomic E-state index is 14.5. The maximum Gasteiger partial charge on any atom is 0.254 e. The van der Waals surface area contributed by atoms with Crippen LogP contribution in [0.4, 0.5) is 10.1 Å². The number of allylic oxidation sites excluding steroid dienone is 1. The third-order valence-electron chi connectivity index (χ3n) is 5.44. The summed E-state index contributed by atoms with van der Waals surface area (Å²) in [5.74, 6) is -0.364. The molecule has 1 amide bonds. The molecule has 0 bridgehead atoms. The molecule has 0 radical (unpaired) electrons. The lowest BCUT2D eigenvalue weighted by molar-refractivity contribution is 0.0732. The van der Waals surface area contributed by atoms with Gasteiger partial charge in [0.05, 0.1) is 31.2 Å². The van der Waals surface area contributed by atoms with Crippen molar-refractivity contribution in [1.82, 2.24) is 4.90 Å². The summed E-state index contributed by atoms with van der Waals surface area (Å²) < 4.78 is 25.0. The number of hydrogen-bond donors (Lipinski definition) is 0. The number of halogens is 1. The molecule has 0 saturated carbocycles. The van der Waals surface area contributed by atoms with Gasteiger partial charge in [-0.2, -0.15) is 5.11 Å². The molecule has 168 valence electrons. The largest absolute Gasteiger partial charge is 0.497 e. The van der Waals surface area contributed by atoms with Crippen LogP contribution in [-0.4, -0.2) is 37.1 Å². The van der Waals surface area contributed by atoms with Crippen LogP contribution in [0.1, 0.15) is 28.4 Å². The first-order valence-corrected chi connectivity index (χ1v) is 10.3. The highest BCUT2D eigenvalue weighted by atomic mass is 19.1. The van der Waals surface area contributed by atoms with Gasteiger partial charge in [0.2, 0.25) is 0 Å². The Morgan fingerprint density at radius 2 is 2.12 bits per heavy atom. The molecule has 2 aromatic rings. The molecule has 0 N–H and O–H groups in total. The van der Waals surface area contributed by atoms with Crippen LogP contribution in [0.2, 0.25) is 0 Å². The van der Waals surface area contributed by atoms with E-state index in [4.69, 9.17) is 15.0 Å². The lowest BCUT2D eigenvalue weighted by Gasteiger charge is -2.25. The van der Waals surface area contributed by atoms with Gasteiger partial charge >= 0.3 is 0 Å². The lowest BCUT2D eigenvalue weighted by Crippen LogP contribution is -2.32. The van der Waals surface area contributed by atoms with Crippen LogP contribution in [0.3, 0.4) is 0 Å². The Kier molecular flexibility index (Phi) is 6.66. The zero-order chi connectivity index (χ0) is 23.2. The third-order valence-corrected chi connectivity index (χ3v) is 5.44. The van der Waals surface area contributed by atoms with E-state index < -0.39 is 17.9 Å². The second-order valence-corrected chi connectivity index (χ2v) is 7.44. The number of azo groups is 1. The Balaban J connectivity index is 1.62. The summed E-state index contributed by atoms with van der Waals surface area (Å²) in [6.07, 6.45) is 5.35. The summed E-state index contributed by atoms with van der Waals surface area (Å²) in [5.41, 5.74) is 10.7. The predicted octanol–water partition coefficient (Wildman–Crippen LogP) is 5.61. The Labute approximate surface area is 189 Å². The van der Waals surface area contributed by atoms with Gasteiger partial charge in [-0.25, -0.2) is 4.39 Å². The highest BCUT2D eigenvalue weighted by Gasteiger charge is 2.37. The SMILES string of the molecule is COc1cc(C(=O)N2CC(N=[N+]=[N-])C[C@@H]2c2ccccc2F)ccc1N=NC1=CCOC=C1. The normalized spacial score (nSPS) is 19.7. The van der Waals surface area contributed by atoms with Crippen LogP contribution >= 0.6 is 0 Å². The monoisotopic (exact) mass is 448 g/mol. The van der Waals surface area contributed by atoms with E-state index in [0.717, 1.165) is 0 Å². The number of amides is 1. The van der Waals surface area contributed by atoms with Crippen molar-refractivity contribution in [2.24, 2.45) is 15.3 Å². The first-order valence-electron chi connectivity index (χ1n) is 10.3. The second-order valence-electron chi connectivity index (χ2n) is 7.44. The fourth-order valence-corrected chi connectivity index (χ4v) is 3.85. The maximum absolute atomic E-state index is 14.5. The predicted molar refractivity (Wildman–Crippen MR) is 118 cm³/mol. The van der Waals surface area contributed by atoms with Gasteiger partial charge in [0.1, 0.15) is 23.9 Å². The molecule has 9 nitrogen and oxygen atoms in total. The molecule has 2 aromatic carbocycles. The number of carbonyl (C=O) groups is 1. The first kappa shape index (κ1) is 22.0. The van der Waals surface area contributed by atoms with Crippen molar-refractivity contribution in [3.8, 4) is 5.75 Å². The van der Waals surface area contributed by atoms with Gasteiger partial charge in [-0.15, -0.1) is 5.11 Å². The minimum atomic E-state index is -0.549. The van der Waals surface area contributed by atoms with E-state index in [0.29, 0.717) is 41.3 Å². The molecule has 2 heterocycles. The van der Waals surface area contributed by atoms with Gasteiger partial charge in [-0.05, 0) is 48.4 Å². The van der Waals surface area contributed by atoms with Gasteiger partial charge in [0.15, 0.2) is 0 Å². The number of ether oxygens (including phenoxy) is 2. The minimum Gasteiger partial charge on any atom is -0.497 e. The number of benzene rings is 2. The Hall–Kier alpha value is -4.17. The molecule has 0 aliphatic carbocycles. The molecule has 10 heteroatoms. The van der Waals surface area contributed by atoms with Crippen molar-refractivity contribution in [3.63, 3.8) is 0 Å².